The van der Waals surface area contributed by atoms with Crippen LogP contribution < -0.4 is 4.72 Å². The molecule has 0 radical (unpaired) electrons. The summed E-state index contributed by atoms with van der Waals surface area (Å²) in [5, 5.41) is 4.99. The van der Waals surface area contributed by atoms with Gasteiger partial charge in [0.25, 0.3) is 0 Å². The zero-order valence-electron chi connectivity index (χ0n) is 21.1. The Morgan fingerprint density at radius 3 is 2.47 bits per heavy atom. The van der Waals surface area contributed by atoms with Gasteiger partial charge in [-0.2, -0.15) is 5.10 Å². The van der Waals surface area contributed by atoms with Gasteiger partial charge in [0, 0.05) is 24.7 Å². The maximum absolute atomic E-state index is 13.7. The van der Waals surface area contributed by atoms with E-state index in [9.17, 15) is 13.2 Å². The number of hydrogen-bond acceptors (Lipinski definition) is 5. The van der Waals surface area contributed by atoms with Crippen molar-refractivity contribution in [2.45, 2.75) is 77.3 Å². The van der Waals surface area contributed by atoms with Crippen LogP contribution in [0, 0.1) is 11.3 Å². The summed E-state index contributed by atoms with van der Waals surface area (Å²) in [6.07, 6.45) is 12.2. The Hall–Kier alpha value is -1.97. The van der Waals surface area contributed by atoms with E-state index in [-0.39, 0.29) is 17.1 Å². The number of nitrogens with one attached hydrogen (secondary N) is 1. The third-order valence-electron chi connectivity index (χ3n) is 7.93. The van der Waals surface area contributed by atoms with Crippen molar-refractivity contribution in [2.75, 3.05) is 18.8 Å². The van der Waals surface area contributed by atoms with Gasteiger partial charge in [-0.1, -0.05) is 49.9 Å². The second kappa shape index (κ2) is 12.0. The SMILES string of the molecule is CCCS(=O)(=O)N[C@H](Cc1ccc(Cl)cc1)C(=O)N1CCC(Cn2cncn2)(C2CCCCC2)CC1. The van der Waals surface area contributed by atoms with Crippen molar-refractivity contribution in [2.24, 2.45) is 11.3 Å². The molecule has 0 bridgehead atoms. The zero-order chi connectivity index (χ0) is 25.6. The maximum atomic E-state index is 13.7. The molecule has 2 fully saturated rings. The fourth-order valence-corrected chi connectivity index (χ4v) is 7.42. The summed E-state index contributed by atoms with van der Waals surface area (Å²) in [7, 11) is -3.56. The Morgan fingerprint density at radius 1 is 1.17 bits per heavy atom. The molecule has 0 spiro atoms. The van der Waals surface area contributed by atoms with Crippen LogP contribution in [0.4, 0.5) is 0 Å². The van der Waals surface area contributed by atoms with Crippen molar-refractivity contribution in [3.8, 4) is 0 Å². The predicted octanol–water partition coefficient (Wildman–Crippen LogP) is 4.06. The second-order valence-corrected chi connectivity index (χ2v) is 12.7. The number of nitrogens with zero attached hydrogens (tertiary/aromatic N) is 4. The summed E-state index contributed by atoms with van der Waals surface area (Å²) in [5.41, 5.74) is 0.954. The Balaban J connectivity index is 1.50. The van der Waals surface area contributed by atoms with Gasteiger partial charge in [0.1, 0.15) is 18.7 Å². The van der Waals surface area contributed by atoms with Crippen molar-refractivity contribution in [1.82, 2.24) is 24.4 Å². The Bertz CT molecular complexity index is 1080. The number of hydrogen-bond donors (Lipinski definition) is 1. The molecule has 1 atom stereocenters. The van der Waals surface area contributed by atoms with Gasteiger partial charge in [0.15, 0.2) is 0 Å². The van der Waals surface area contributed by atoms with Crippen LogP contribution in [0.2, 0.25) is 5.02 Å². The Labute approximate surface area is 219 Å². The fourth-order valence-electron chi connectivity index (χ4n) is 6.02. The van der Waals surface area contributed by atoms with Crippen LogP contribution in [0.25, 0.3) is 0 Å². The van der Waals surface area contributed by atoms with Crippen molar-refractivity contribution in [3.05, 3.63) is 47.5 Å². The zero-order valence-corrected chi connectivity index (χ0v) is 22.7. The van der Waals surface area contributed by atoms with Gasteiger partial charge >= 0.3 is 0 Å². The average Bonchev–Trinajstić information content (AvgIpc) is 3.38. The van der Waals surface area contributed by atoms with Gasteiger partial charge in [-0.3, -0.25) is 9.48 Å². The van der Waals surface area contributed by atoms with Crippen LogP contribution in [0.15, 0.2) is 36.9 Å². The number of piperidine rings is 1. The summed E-state index contributed by atoms with van der Waals surface area (Å²) >= 11 is 6.02. The van der Waals surface area contributed by atoms with Gasteiger partial charge in [-0.05, 0) is 67.6 Å². The molecule has 2 aromatic rings. The highest BCUT2D eigenvalue weighted by molar-refractivity contribution is 7.89. The first kappa shape index (κ1) is 27.1. The lowest BCUT2D eigenvalue weighted by Crippen LogP contribution is -2.54. The van der Waals surface area contributed by atoms with Crippen LogP contribution in [-0.2, 0) is 27.8 Å². The van der Waals surface area contributed by atoms with E-state index in [0.29, 0.717) is 36.9 Å². The highest BCUT2D eigenvalue weighted by Crippen LogP contribution is 2.47. The van der Waals surface area contributed by atoms with Crippen molar-refractivity contribution in [3.63, 3.8) is 0 Å². The smallest absolute Gasteiger partial charge is 0.241 e. The first-order valence-corrected chi connectivity index (χ1v) is 15.2. The van der Waals surface area contributed by atoms with Crippen molar-refractivity contribution >= 4 is 27.5 Å². The molecule has 10 heteroatoms. The minimum absolute atomic E-state index is 0.0000939. The molecule has 1 saturated carbocycles. The molecule has 198 valence electrons. The average molecular weight is 536 g/mol. The van der Waals surface area contributed by atoms with Crippen LogP contribution in [0.1, 0.15) is 63.9 Å². The van der Waals surface area contributed by atoms with Crippen LogP contribution in [0.5, 0.6) is 0 Å². The standard InChI is InChI=1S/C26H38ClN5O3S/c1-2-16-36(34,35)30-24(17-21-8-10-23(27)11-9-21)25(33)31-14-12-26(13-15-31,18-32-20-28-19-29-32)22-6-4-3-5-7-22/h8-11,19-20,22,24,30H,2-7,12-18H2,1H3/t24-/m1/s1. The van der Waals surface area contributed by atoms with Gasteiger partial charge in [0.05, 0.1) is 5.75 Å². The van der Waals surface area contributed by atoms with Crippen LogP contribution >= 0.6 is 11.6 Å². The predicted molar refractivity (Wildman–Crippen MR) is 141 cm³/mol. The van der Waals surface area contributed by atoms with Gasteiger partial charge in [0.2, 0.25) is 15.9 Å². The quantitative estimate of drug-likeness (QED) is 0.495. The molecule has 1 aliphatic heterocycles. The minimum atomic E-state index is -3.56. The third kappa shape index (κ3) is 6.86. The number of amides is 1. The normalized spacial score (nSPS) is 19.8. The third-order valence-corrected chi connectivity index (χ3v) is 9.77. The second-order valence-electron chi connectivity index (χ2n) is 10.4. The number of rotatable bonds is 10. The highest BCUT2D eigenvalue weighted by atomic mass is 35.5. The molecular weight excluding hydrogens is 498 g/mol. The summed E-state index contributed by atoms with van der Waals surface area (Å²) in [6, 6.07) is 6.39. The minimum Gasteiger partial charge on any atom is -0.341 e. The van der Waals surface area contributed by atoms with Gasteiger partial charge in [-0.25, -0.2) is 18.1 Å². The number of sulfonamides is 1. The van der Waals surface area contributed by atoms with E-state index in [2.05, 4.69) is 14.8 Å². The molecule has 0 unspecified atom stereocenters. The molecule has 4 rings (SSSR count). The molecule has 36 heavy (non-hydrogen) atoms. The molecule has 1 aliphatic carbocycles. The van der Waals surface area contributed by atoms with Crippen molar-refractivity contribution < 1.29 is 13.2 Å². The summed E-state index contributed by atoms with van der Waals surface area (Å²) in [5.74, 6) is 0.461. The fraction of sp³-hybridized carbons (Fsp3) is 0.654. The number of carbonyl (C=O) groups excluding carboxylic acids is 1. The lowest BCUT2D eigenvalue weighted by atomic mass is 9.63. The maximum Gasteiger partial charge on any atom is 0.241 e. The van der Waals surface area contributed by atoms with E-state index >= 15 is 0 Å². The molecule has 8 nitrogen and oxygen atoms in total. The molecular formula is C26H38ClN5O3S. The van der Waals surface area contributed by atoms with Gasteiger partial charge in [-0.15, -0.1) is 0 Å². The van der Waals surface area contributed by atoms with Gasteiger partial charge < -0.3 is 4.90 Å². The first-order chi connectivity index (χ1) is 17.3. The number of aromatic nitrogens is 3. The van der Waals surface area contributed by atoms with Crippen LogP contribution in [-0.4, -0.2) is 58.9 Å². The summed E-state index contributed by atoms with van der Waals surface area (Å²) in [6.45, 7) is 3.88. The molecule has 1 aromatic carbocycles. The van der Waals surface area contributed by atoms with Crippen molar-refractivity contribution in [1.29, 1.82) is 0 Å². The highest BCUT2D eigenvalue weighted by Gasteiger charge is 2.44. The largest absolute Gasteiger partial charge is 0.341 e. The number of benzene rings is 1. The molecule has 2 aliphatic rings. The molecule has 1 N–H and O–H groups in total. The van der Waals surface area contributed by atoms with Crippen LogP contribution in [0.3, 0.4) is 0 Å². The molecule has 1 saturated heterocycles. The summed E-state index contributed by atoms with van der Waals surface area (Å²) < 4.78 is 29.9. The lowest BCUT2D eigenvalue weighted by molar-refractivity contribution is -0.136. The lowest BCUT2D eigenvalue weighted by Gasteiger charge is -2.48. The number of likely N-dealkylation sites (tertiary alicyclic amines) is 1. The van der Waals surface area contributed by atoms with E-state index in [1.807, 2.05) is 28.6 Å². The molecule has 1 aromatic heterocycles. The molecule has 2 heterocycles. The van der Waals surface area contributed by atoms with E-state index in [1.165, 1.54) is 32.1 Å². The van der Waals surface area contributed by atoms with E-state index in [0.717, 1.165) is 24.9 Å². The van der Waals surface area contributed by atoms with E-state index in [4.69, 9.17) is 11.6 Å². The summed E-state index contributed by atoms with van der Waals surface area (Å²) in [4.78, 5) is 19.7. The Kier molecular flexibility index (Phi) is 9.06. The monoisotopic (exact) mass is 535 g/mol. The number of carbonyl (C=O) groups is 1. The molecule has 1 amide bonds. The van der Waals surface area contributed by atoms with E-state index < -0.39 is 16.1 Å². The van der Waals surface area contributed by atoms with E-state index in [1.54, 1.807) is 24.8 Å². The number of halogens is 1. The first-order valence-electron chi connectivity index (χ1n) is 13.2. The topological polar surface area (TPSA) is 97.2 Å². The Morgan fingerprint density at radius 2 is 1.86 bits per heavy atom.